The lowest BCUT2D eigenvalue weighted by Gasteiger charge is -2.32. The maximum absolute atomic E-state index is 7.28. The number of hydrogen-bond acceptors (Lipinski definition) is 2. The summed E-state index contributed by atoms with van der Waals surface area (Å²) >= 11 is 0. The van der Waals surface area contributed by atoms with Gasteiger partial charge in [0.2, 0.25) is 0 Å². The highest BCUT2D eigenvalue weighted by Gasteiger charge is 2.56. The van der Waals surface area contributed by atoms with Gasteiger partial charge in [0.25, 0.3) is 0 Å². The molecule has 1 spiro atoms. The fourth-order valence-corrected chi connectivity index (χ4v) is 11.5. The van der Waals surface area contributed by atoms with E-state index < -0.39 is 5.41 Å². The Morgan fingerprint density at radius 1 is 0.344 bits per heavy atom. The molecule has 0 bridgehead atoms. The summed E-state index contributed by atoms with van der Waals surface area (Å²) < 4.78 is 7.28. The van der Waals surface area contributed by atoms with Crippen molar-refractivity contribution in [3.8, 4) is 67.2 Å². The number of rotatable bonds is 6. The van der Waals surface area contributed by atoms with E-state index in [0.29, 0.717) is 0 Å². The summed E-state index contributed by atoms with van der Waals surface area (Å²) in [6.07, 6.45) is 0. The van der Waals surface area contributed by atoms with Gasteiger partial charge in [-0.25, -0.2) is 0 Å². The van der Waals surface area contributed by atoms with Crippen LogP contribution in [0, 0.1) is 0 Å². The third-order valence-electron chi connectivity index (χ3n) is 14.3. The molecule has 0 saturated heterocycles. The lowest BCUT2D eigenvalue weighted by molar-refractivity contribution is 0.588. The number of anilines is 3. The van der Waals surface area contributed by atoms with Crippen molar-refractivity contribution < 1.29 is 4.42 Å². The van der Waals surface area contributed by atoms with Gasteiger partial charge in [-0.3, -0.25) is 0 Å². The minimum atomic E-state index is -0.653. The molecule has 0 radical (unpaired) electrons. The minimum Gasteiger partial charge on any atom is -0.455 e. The Morgan fingerprint density at radius 3 is 1.48 bits per heavy atom. The van der Waals surface area contributed by atoms with Gasteiger partial charge in [-0.05, 0) is 91.5 Å². The van der Waals surface area contributed by atoms with Crippen LogP contribution in [0.15, 0.2) is 229 Å². The molecule has 3 aliphatic carbocycles. The molecule has 1 unspecified atom stereocenters. The second-order valence-corrected chi connectivity index (χ2v) is 17.9. The average molecular weight is 818 g/mol. The molecule has 0 aliphatic heterocycles. The molecule has 0 fully saturated rings. The third-order valence-corrected chi connectivity index (χ3v) is 14.3. The fourth-order valence-electron chi connectivity index (χ4n) is 11.5. The predicted octanol–water partition coefficient (Wildman–Crippen LogP) is 16.4. The predicted molar refractivity (Wildman–Crippen MR) is 264 cm³/mol. The van der Waals surface area contributed by atoms with E-state index in [1.54, 1.807) is 0 Å². The van der Waals surface area contributed by atoms with Gasteiger partial charge >= 0.3 is 0 Å². The molecule has 9 aromatic carbocycles. The van der Waals surface area contributed by atoms with Gasteiger partial charge in [0.1, 0.15) is 11.5 Å². The molecular weight excluding hydrogens is 775 g/mol. The Balaban J connectivity index is 1.10. The molecule has 0 N–H and O–H groups in total. The number of hydrogen-bond donors (Lipinski definition) is 0. The van der Waals surface area contributed by atoms with Crippen LogP contribution in [0.5, 0.6) is 0 Å². The van der Waals surface area contributed by atoms with Crippen molar-refractivity contribution in [3.05, 3.63) is 258 Å². The number of nitrogens with zero attached hydrogens (tertiary/aromatic N) is 1. The van der Waals surface area contributed by atoms with Crippen molar-refractivity contribution >= 4 is 17.1 Å². The van der Waals surface area contributed by atoms with Crippen molar-refractivity contribution in [1.29, 1.82) is 0 Å². The van der Waals surface area contributed by atoms with Crippen molar-refractivity contribution in [2.75, 3.05) is 4.90 Å². The van der Waals surface area contributed by atoms with E-state index in [1.165, 1.54) is 77.9 Å². The van der Waals surface area contributed by atoms with Crippen LogP contribution in [-0.4, -0.2) is 0 Å². The second kappa shape index (κ2) is 13.8. The molecule has 1 aromatic heterocycles. The number of benzene rings is 9. The molecule has 2 heteroatoms. The van der Waals surface area contributed by atoms with Crippen LogP contribution in [0.2, 0.25) is 0 Å². The first-order chi connectivity index (χ1) is 31.5. The van der Waals surface area contributed by atoms with Crippen LogP contribution in [-0.2, 0) is 10.8 Å². The van der Waals surface area contributed by atoms with Gasteiger partial charge in [0.15, 0.2) is 0 Å². The Kier molecular flexibility index (Phi) is 7.90. The molecule has 3 aliphatic rings. The van der Waals surface area contributed by atoms with Crippen LogP contribution in [0.3, 0.4) is 0 Å². The first-order valence-electron chi connectivity index (χ1n) is 22.3. The molecule has 1 atom stereocenters. The molecule has 2 nitrogen and oxygen atoms in total. The largest absolute Gasteiger partial charge is 0.455 e. The number of furan rings is 1. The van der Waals surface area contributed by atoms with Crippen LogP contribution in [0.4, 0.5) is 17.1 Å². The van der Waals surface area contributed by atoms with Crippen LogP contribution in [0.25, 0.3) is 67.2 Å². The van der Waals surface area contributed by atoms with E-state index >= 15 is 0 Å². The average Bonchev–Trinajstić information content (AvgIpc) is 4.06. The molecule has 0 amide bonds. The standard InChI is InChI=1S/C62H43NO/c1-61(2)50-28-15-12-25-46(50)47-38-37-45(39-54(47)61)63(44-35-33-41(34-36-44)40-19-6-3-7-20-40)55-32-18-31-53-56(55)48-26-13-16-29-51(48)62(53)52-30-17-14-27-49(52)57-58(62)60(43-23-10-5-11-24-43)64-59(57)42-21-8-4-9-22-42/h3-39H,1-2H3. The van der Waals surface area contributed by atoms with E-state index in [0.717, 1.165) is 39.7 Å². The monoisotopic (exact) mass is 817 g/mol. The van der Waals surface area contributed by atoms with E-state index in [9.17, 15) is 0 Å². The quantitative estimate of drug-likeness (QED) is 0.166. The summed E-state index contributed by atoms with van der Waals surface area (Å²) in [5.74, 6) is 1.82. The summed E-state index contributed by atoms with van der Waals surface area (Å²) in [5, 5.41) is 0. The SMILES string of the molecule is CC1(C)c2ccccc2-c2ccc(N(c3ccc(-c4ccccc4)cc3)c3cccc4c3-c3ccccc3C43c4ccccc4-c4c(-c5ccccc5)oc(-c5ccccc5)c43)cc21. The lowest BCUT2D eigenvalue weighted by atomic mass is 9.70. The van der Waals surface area contributed by atoms with Crippen LogP contribution in [0.1, 0.15) is 47.2 Å². The van der Waals surface area contributed by atoms with Crippen LogP contribution >= 0.6 is 0 Å². The van der Waals surface area contributed by atoms with Crippen molar-refractivity contribution in [3.63, 3.8) is 0 Å². The molecular formula is C62H43NO. The molecule has 64 heavy (non-hydrogen) atoms. The Bertz CT molecular complexity index is 3450. The minimum absolute atomic E-state index is 0.157. The Hall–Kier alpha value is -7.94. The number of fused-ring (bicyclic) bond motifs is 13. The lowest BCUT2D eigenvalue weighted by Crippen LogP contribution is -2.26. The van der Waals surface area contributed by atoms with Gasteiger partial charge in [0, 0.05) is 44.6 Å². The van der Waals surface area contributed by atoms with Crippen molar-refractivity contribution in [1.82, 2.24) is 0 Å². The smallest absolute Gasteiger partial charge is 0.142 e. The summed E-state index contributed by atoms with van der Waals surface area (Å²) in [6, 6.07) is 82.4. The van der Waals surface area contributed by atoms with Gasteiger partial charge < -0.3 is 9.32 Å². The van der Waals surface area contributed by atoms with Gasteiger partial charge in [-0.2, -0.15) is 0 Å². The zero-order chi connectivity index (χ0) is 42.6. The summed E-state index contributed by atoms with van der Waals surface area (Å²) in [5.41, 5.74) is 22.3. The zero-order valence-electron chi connectivity index (χ0n) is 35.7. The highest BCUT2D eigenvalue weighted by Crippen LogP contribution is 2.68. The van der Waals surface area contributed by atoms with E-state index in [4.69, 9.17) is 4.42 Å². The van der Waals surface area contributed by atoms with E-state index in [2.05, 4.69) is 243 Å². The maximum atomic E-state index is 7.28. The summed E-state index contributed by atoms with van der Waals surface area (Å²) in [7, 11) is 0. The summed E-state index contributed by atoms with van der Waals surface area (Å²) in [4.78, 5) is 2.51. The summed E-state index contributed by atoms with van der Waals surface area (Å²) in [6.45, 7) is 4.74. The molecule has 1 heterocycles. The molecule has 0 saturated carbocycles. The normalized spacial score (nSPS) is 15.5. The van der Waals surface area contributed by atoms with Crippen molar-refractivity contribution in [2.45, 2.75) is 24.7 Å². The molecule has 302 valence electrons. The Labute approximate surface area is 374 Å². The third kappa shape index (κ3) is 5.02. The van der Waals surface area contributed by atoms with E-state index in [1.807, 2.05) is 0 Å². The maximum Gasteiger partial charge on any atom is 0.142 e. The van der Waals surface area contributed by atoms with E-state index in [-0.39, 0.29) is 5.41 Å². The highest BCUT2D eigenvalue weighted by atomic mass is 16.3. The van der Waals surface area contributed by atoms with Crippen LogP contribution < -0.4 is 4.90 Å². The molecule has 10 aromatic rings. The first kappa shape index (κ1) is 36.7. The van der Waals surface area contributed by atoms with Gasteiger partial charge in [-0.1, -0.05) is 208 Å². The van der Waals surface area contributed by atoms with Gasteiger partial charge in [0.05, 0.1) is 11.1 Å². The first-order valence-corrected chi connectivity index (χ1v) is 22.3. The highest BCUT2D eigenvalue weighted by molar-refractivity contribution is 6.05. The molecule has 13 rings (SSSR count). The zero-order valence-corrected chi connectivity index (χ0v) is 35.7. The Morgan fingerprint density at radius 2 is 0.828 bits per heavy atom. The topological polar surface area (TPSA) is 16.4 Å². The fraction of sp³-hybridized carbons (Fsp3) is 0.0645. The van der Waals surface area contributed by atoms with Gasteiger partial charge in [-0.15, -0.1) is 0 Å². The second-order valence-electron chi connectivity index (χ2n) is 17.9. The van der Waals surface area contributed by atoms with Crippen molar-refractivity contribution in [2.24, 2.45) is 0 Å².